The number of para-hydroxylation sites is 4. The molecule has 0 N–H and O–H groups in total. The molecule has 0 amide bonds. The molecule has 6 nitrogen and oxygen atoms in total. The zero-order chi connectivity index (χ0) is 57.0. The van der Waals surface area contributed by atoms with Gasteiger partial charge in [-0.2, -0.15) is 10.5 Å². The van der Waals surface area contributed by atoms with Gasteiger partial charge in [0, 0.05) is 43.1 Å². The van der Waals surface area contributed by atoms with Crippen LogP contribution in [0.4, 0.5) is 0 Å². The van der Waals surface area contributed by atoms with Crippen LogP contribution in [0.25, 0.3) is 154 Å². The fourth-order valence-corrected chi connectivity index (χ4v) is 13.9. The highest BCUT2D eigenvalue weighted by atomic mass is 15.1. The zero-order valence-electron chi connectivity index (χ0n) is 46.4. The largest absolute Gasteiger partial charge is 0.306 e. The van der Waals surface area contributed by atoms with Crippen molar-refractivity contribution in [2.45, 2.75) is 0 Å². The Morgan fingerprint density at radius 3 is 0.605 bits per heavy atom. The van der Waals surface area contributed by atoms with E-state index in [2.05, 4.69) is 297 Å². The molecule has 0 aliphatic carbocycles. The van der Waals surface area contributed by atoms with Crippen molar-refractivity contribution in [2.24, 2.45) is 0 Å². The lowest BCUT2D eigenvalue weighted by atomic mass is 9.98. The molecule has 17 rings (SSSR count). The van der Waals surface area contributed by atoms with Crippen LogP contribution in [0.5, 0.6) is 0 Å². The second kappa shape index (κ2) is 19.3. The fourth-order valence-electron chi connectivity index (χ4n) is 13.9. The van der Waals surface area contributed by atoms with Gasteiger partial charge < -0.3 is 18.3 Å². The van der Waals surface area contributed by atoms with E-state index in [0.717, 1.165) is 132 Å². The molecule has 0 saturated carbocycles. The first-order valence-electron chi connectivity index (χ1n) is 29.0. The number of rotatable bonds is 8. The lowest BCUT2D eigenvalue weighted by molar-refractivity contribution is 1.02. The van der Waals surface area contributed by atoms with Crippen molar-refractivity contribution in [1.29, 1.82) is 10.5 Å². The molecule has 0 unspecified atom stereocenters. The Bertz CT molecular complexity index is 5050. The maximum Gasteiger partial charge on any atom is 0.104 e. The summed E-state index contributed by atoms with van der Waals surface area (Å²) in [7, 11) is 0. The van der Waals surface area contributed by atoms with Gasteiger partial charge in [-0.1, -0.05) is 218 Å². The second-order valence-corrected chi connectivity index (χ2v) is 22.2. The molecule has 4 heterocycles. The molecule has 6 heteroatoms. The number of hydrogen-bond donors (Lipinski definition) is 0. The molecule has 0 saturated heterocycles. The average molecular weight is 1090 g/mol. The van der Waals surface area contributed by atoms with E-state index in [1.165, 1.54) is 0 Å². The Morgan fingerprint density at radius 1 is 0.186 bits per heavy atom. The summed E-state index contributed by atoms with van der Waals surface area (Å²) in [4.78, 5) is 0. The SMILES string of the molecule is N#Cc1c(-n2c3ccccc3c3ccccc32)c(-n2c3ccc(-c4ccccc4)cc3c3cc(-c4ccccc4)ccc32)c(C#N)c(-n2c3ccccc3c3ccccc32)c1-n1c2ccc(-c3ccccc3)cc2c2cc(-c3ccccc3)ccc21. The molecule has 0 bridgehead atoms. The van der Waals surface area contributed by atoms with Crippen molar-refractivity contribution < 1.29 is 0 Å². The topological polar surface area (TPSA) is 67.3 Å². The van der Waals surface area contributed by atoms with Crippen molar-refractivity contribution in [3.05, 3.63) is 302 Å². The second-order valence-electron chi connectivity index (χ2n) is 22.2. The van der Waals surface area contributed by atoms with E-state index in [4.69, 9.17) is 0 Å². The molecule has 0 aliphatic heterocycles. The summed E-state index contributed by atoms with van der Waals surface area (Å²) in [6.07, 6.45) is 0. The van der Waals surface area contributed by atoms with Gasteiger partial charge in [0.05, 0.1) is 66.9 Å². The summed E-state index contributed by atoms with van der Waals surface area (Å²) >= 11 is 0. The van der Waals surface area contributed by atoms with Gasteiger partial charge in [-0.3, -0.25) is 0 Å². The highest BCUT2D eigenvalue weighted by Crippen LogP contribution is 2.50. The number of hydrogen-bond acceptors (Lipinski definition) is 2. The average Bonchev–Trinajstić information content (AvgIpc) is 1.56. The Morgan fingerprint density at radius 2 is 0.384 bits per heavy atom. The van der Waals surface area contributed by atoms with Gasteiger partial charge in [0.2, 0.25) is 0 Å². The first-order chi connectivity index (χ1) is 42.6. The van der Waals surface area contributed by atoms with E-state index in [1.807, 2.05) is 24.3 Å². The molecule has 17 aromatic rings. The minimum Gasteiger partial charge on any atom is -0.306 e. The smallest absolute Gasteiger partial charge is 0.104 e. The highest BCUT2D eigenvalue weighted by molar-refractivity contribution is 6.17. The third-order valence-electron chi connectivity index (χ3n) is 17.6. The van der Waals surface area contributed by atoms with Crippen molar-refractivity contribution in [2.75, 3.05) is 0 Å². The van der Waals surface area contributed by atoms with Crippen LogP contribution in [-0.2, 0) is 0 Å². The van der Waals surface area contributed by atoms with Crippen LogP contribution in [0, 0.1) is 22.7 Å². The quantitative estimate of drug-likeness (QED) is 0.152. The van der Waals surface area contributed by atoms with E-state index in [-0.39, 0.29) is 0 Å². The first-order valence-corrected chi connectivity index (χ1v) is 29.0. The zero-order valence-corrected chi connectivity index (χ0v) is 46.4. The van der Waals surface area contributed by atoms with Gasteiger partial charge in [0.15, 0.2) is 0 Å². The summed E-state index contributed by atoms with van der Waals surface area (Å²) in [6, 6.07) is 109. The maximum absolute atomic E-state index is 13.0. The van der Waals surface area contributed by atoms with E-state index in [0.29, 0.717) is 33.9 Å². The van der Waals surface area contributed by atoms with E-state index in [9.17, 15) is 10.5 Å². The van der Waals surface area contributed by atoms with Crippen molar-refractivity contribution in [1.82, 2.24) is 18.3 Å². The summed E-state index contributed by atoms with van der Waals surface area (Å²) in [5, 5.41) is 34.2. The number of nitriles is 2. The number of fused-ring (bicyclic) bond motifs is 12. The van der Waals surface area contributed by atoms with Crippen molar-refractivity contribution in [3.63, 3.8) is 0 Å². The minimum atomic E-state index is 0.400. The number of aromatic nitrogens is 4. The Labute approximate surface area is 495 Å². The molecule has 0 radical (unpaired) electrons. The summed E-state index contributed by atoms with van der Waals surface area (Å²) in [5.41, 5.74) is 19.1. The molecule has 0 spiro atoms. The normalized spacial score (nSPS) is 11.7. The van der Waals surface area contributed by atoms with Gasteiger partial charge in [-0.25, -0.2) is 0 Å². The molecule has 0 atom stereocenters. The molecule has 13 aromatic carbocycles. The maximum atomic E-state index is 13.0. The Hall–Kier alpha value is -12.0. The summed E-state index contributed by atoms with van der Waals surface area (Å²) < 4.78 is 9.11. The van der Waals surface area contributed by atoms with Gasteiger partial charge in [0.25, 0.3) is 0 Å². The predicted molar refractivity (Wildman–Crippen MR) is 355 cm³/mol. The van der Waals surface area contributed by atoms with Crippen molar-refractivity contribution in [3.8, 4) is 79.4 Å². The van der Waals surface area contributed by atoms with E-state index in [1.54, 1.807) is 0 Å². The van der Waals surface area contributed by atoms with E-state index < -0.39 is 0 Å². The van der Waals surface area contributed by atoms with Crippen molar-refractivity contribution >= 4 is 87.2 Å². The fraction of sp³-hybridized carbons (Fsp3) is 0. The standard InChI is InChI=1S/C80H48N6/c81-49-67-78(84-71-35-19-15-31-61(71)62-32-16-20-36-72(62)84)80(86-75-43-39-57(53-25-9-3-10-26-53)47-65(75)66-48-58(40-44-76(66)86)54-27-11-4-12-28-54)68(50-82)77(83-69-33-17-13-29-59(69)60-30-14-18-34-70(60)83)79(67)85-73-41-37-55(51-21-5-1-6-22-51)45-63(73)64-46-56(38-42-74(64)85)52-23-7-2-8-24-52/h1-48H. The third-order valence-corrected chi connectivity index (χ3v) is 17.6. The molecular formula is C80H48N6. The number of nitrogens with zero attached hydrogens (tertiary/aromatic N) is 6. The molecular weight excluding hydrogens is 1040 g/mol. The Balaban J connectivity index is 1.12. The molecule has 0 fully saturated rings. The Kier molecular flexibility index (Phi) is 11.0. The van der Waals surface area contributed by atoms with Crippen LogP contribution in [0.1, 0.15) is 11.1 Å². The summed E-state index contributed by atoms with van der Waals surface area (Å²) in [6.45, 7) is 0. The van der Waals surface area contributed by atoms with Gasteiger partial charge in [0.1, 0.15) is 23.3 Å². The van der Waals surface area contributed by atoms with Crippen LogP contribution in [0.15, 0.2) is 291 Å². The highest BCUT2D eigenvalue weighted by Gasteiger charge is 2.35. The van der Waals surface area contributed by atoms with Gasteiger partial charge in [-0.05, 0) is 117 Å². The third kappa shape index (κ3) is 7.24. The van der Waals surface area contributed by atoms with Gasteiger partial charge in [-0.15, -0.1) is 0 Å². The lowest BCUT2D eigenvalue weighted by Crippen LogP contribution is -2.16. The molecule has 398 valence electrons. The molecule has 4 aromatic heterocycles. The molecule has 0 aliphatic rings. The van der Waals surface area contributed by atoms with Crippen LogP contribution >= 0.6 is 0 Å². The minimum absolute atomic E-state index is 0.400. The van der Waals surface area contributed by atoms with Crippen LogP contribution < -0.4 is 0 Å². The monoisotopic (exact) mass is 1090 g/mol. The van der Waals surface area contributed by atoms with Crippen LogP contribution in [0.3, 0.4) is 0 Å². The first kappa shape index (κ1) is 48.7. The predicted octanol–water partition coefficient (Wildman–Crippen LogP) is 20.5. The van der Waals surface area contributed by atoms with E-state index >= 15 is 0 Å². The number of benzene rings is 13. The van der Waals surface area contributed by atoms with Crippen LogP contribution in [-0.4, -0.2) is 18.3 Å². The summed E-state index contributed by atoms with van der Waals surface area (Å²) in [5.74, 6) is 0. The van der Waals surface area contributed by atoms with Gasteiger partial charge >= 0.3 is 0 Å². The van der Waals surface area contributed by atoms with Crippen LogP contribution in [0.2, 0.25) is 0 Å². The lowest BCUT2D eigenvalue weighted by Gasteiger charge is -2.27. The molecule has 86 heavy (non-hydrogen) atoms.